The number of benzene rings is 1. The smallest absolute Gasteiger partial charge is 0.244 e. The molecule has 0 bridgehead atoms. The molecule has 1 unspecified atom stereocenters. The maximum Gasteiger partial charge on any atom is 0.244 e. The Bertz CT molecular complexity index is 1150. The summed E-state index contributed by atoms with van der Waals surface area (Å²) < 4.78 is 15.5. The van der Waals surface area contributed by atoms with Crippen molar-refractivity contribution in [3.05, 3.63) is 52.3 Å². The van der Waals surface area contributed by atoms with Crippen LogP contribution in [0.3, 0.4) is 0 Å². The van der Waals surface area contributed by atoms with E-state index in [0.29, 0.717) is 35.5 Å². The number of aryl methyl sites for hydroxylation is 1. The van der Waals surface area contributed by atoms with E-state index in [1.54, 1.807) is 22.9 Å². The molecule has 1 aliphatic heterocycles. The first-order valence-electron chi connectivity index (χ1n) is 10.0. The van der Waals surface area contributed by atoms with Crippen LogP contribution in [-0.2, 0) is 16.1 Å². The maximum atomic E-state index is 13.2. The average Bonchev–Trinajstić information content (AvgIpc) is 3.32. The number of rotatable bonds is 5. The maximum absolute atomic E-state index is 13.2. The molecule has 1 saturated heterocycles. The molecule has 8 nitrogen and oxygen atoms in total. The van der Waals surface area contributed by atoms with Crippen LogP contribution < -0.4 is 5.32 Å². The fourth-order valence-electron chi connectivity index (χ4n) is 3.39. The number of alkyl halides is 1. The van der Waals surface area contributed by atoms with Crippen molar-refractivity contribution in [3.63, 3.8) is 0 Å². The number of hydrogen-bond donors (Lipinski definition) is 1. The van der Waals surface area contributed by atoms with Gasteiger partial charge in [-0.15, -0.1) is 0 Å². The Hall–Kier alpha value is -3.14. The number of likely N-dealkylation sites (tertiary alicyclic amines) is 1. The van der Waals surface area contributed by atoms with Gasteiger partial charge in [-0.25, -0.2) is 9.37 Å². The number of pyridine rings is 1. The minimum absolute atomic E-state index is 0.0273. The molecule has 0 spiro atoms. The molecule has 32 heavy (non-hydrogen) atoms. The SMILES string of the molecule is CC(=O)c1nn(CC(=O)N2CCC(F)C2)c2ccc(C)cc12.O=CNc1cccc(Br)n1. The molecule has 0 saturated carbocycles. The Labute approximate surface area is 192 Å². The van der Waals surface area contributed by atoms with Gasteiger partial charge >= 0.3 is 0 Å². The monoisotopic (exact) mass is 503 g/mol. The van der Waals surface area contributed by atoms with Crippen molar-refractivity contribution < 1.29 is 18.8 Å². The lowest BCUT2D eigenvalue weighted by Gasteiger charge is -2.15. The number of nitrogens with one attached hydrogen (secondary N) is 1. The van der Waals surface area contributed by atoms with Crippen molar-refractivity contribution in [3.8, 4) is 0 Å². The van der Waals surface area contributed by atoms with Gasteiger partial charge < -0.3 is 10.2 Å². The van der Waals surface area contributed by atoms with Crippen LogP contribution in [0.1, 0.15) is 29.4 Å². The van der Waals surface area contributed by atoms with Crippen LogP contribution in [0, 0.1) is 6.92 Å². The zero-order valence-electron chi connectivity index (χ0n) is 17.7. The Morgan fingerprint density at radius 2 is 2.09 bits per heavy atom. The molecule has 0 radical (unpaired) electrons. The highest BCUT2D eigenvalue weighted by molar-refractivity contribution is 9.10. The third-order valence-electron chi connectivity index (χ3n) is 4.93. The van der Waals surface area contributed by atoms with E-state index in [1.807, 2.05) is 25.1 Å². The highest BCUT2D eigenvalue weighted by Crippen LogP contribution is 2.21. The van der Waals surface area contributed by atoms with Gasteiger partial charge in [-0.1, -0.05) is 17.7 Å². The number of Topliss-reactive ketones (excluding diaryl/α,β-unsaturated/α-hetero) is 1. The first-order valence-corrected chi connectivity index (χ1v) is 10.8. The van der Waals surface area contributed by atoms with Crippen molar-refractivity contribution >= 4 is 50.8 Å². The molecule has 1 aliphatic rings. The van der Waals surface area contributed by atoms with Crippen LogP contribution >= 0.6 is 15.9 Å². The van der Waals surface area contributed by atoms with Crippen LogP contribution in [0.5, 0.6) is 0 Å². The van der Waals surface area contributed by atoms with E-state index in [2.05, 4.69) is 31.3 Å². The standard InChI is InChI=1S/C16H18FN3O2.C6H5BrN2O/c1-10-3-4-14-13(7-10)16(11(2)21)18-20(14)9-15(22)19-6-5-12(17)8-19;7-5-2-1-3-6(9-5)8-4-10/h3-4,7,12H,5-6,8-9H2,1-2H3;1-4H,(H,8,9,10). The number of anilines is 1. The summed E-state index contributed by atoms with van der Waals surface area (Å²) in [6.07, 6.45) is 0.0480. The molecule has 2 aromatic heterocycles. The molecule has 168 valence electrons. The molecule has 3 aromatic rings. The third kappa shape index (κ3) is 5.76. The number of ketones is 1. The first-order chi connectivity index (χ1) is 15.3. The number of amides is 2. The Kier molecular flexibility index (Phi) is 7.68. The van der Waals surface area contributed by atoms with E-state index >= 15 is 0 Å². The van der Waals surface area contributed by atoms with Gasteiger partial charge in [0, 0.05) is 18.9 Å². The Morgan fingerprint density at radius 1 is 1.31 bits per heavy atom. The fourth-order valence-corrected chi connectivity index (χ4v) is 3.74. The molecule has 4 rings (SSSR count). The van der Waals surface area contributed by atoms with Crippen LogP contribution in [0.2, 0.25) is 0 Å². The van der Waals surface area contributed by atoms with E-state index in [4.69, 9.17) is 0 Å². The predicted molar refractivity (Wildman–Crippen MR) is 122 cm³/mol. The van der Waals surface area contributed by atoms with Gasteiger partial charge in [-0.05, 0) is 53.5 Å². The molecule has 0 aliphatic carbocycles. The quantitative estimate of drug-likeness (QED) is 0.326. The molecule has 10 heteroatoms. The normalized spacial score (nSPS) is 15.2. The summed E-state index contributed by atoms with van der Waals surface area (Å²) in [5, 5.41) is 7.47. The van der Waals surface area contributed by atoms with Gasteiger partial charge in [0.25, 0.3) is 0 Å². The number of hydrogen-bond acceptors (Lipinski definition) is 5. The van der Waals surface area contributed by atoms with Gasteiger partial charge in [0.15, 0.2) is 5.78 Å². The van der Waals surface area contributed by atoms with E-state index in [1.165, 1.54) is 11.8 Å². The van der Waals surface area contributed by atoms with E-state index in [9.17, 15) is 18.8 Å². The molecule has 1 aromatic carbocycles. The van der Waals surface area contributed by atoms with E-state index < -0.39 is 6.17 Å². The van der Waals surface area contributed by atoms with Crippen LogP contribution in [0.15, 0.2) is 41.0 Å². The number of nitrogens with zero attached hydrogens (tertiary/aromatic N) is 4. The van der Waals surface area contributed by atoms with E-state index in [-0.39, 0.29) is 24.8 Å². The van der Waals surface area contributed by atoms with Gasteiger partial charge in [-0.3, -0.25) is 19.1 Å². The summed E-state index contributed by atoms with van der Waals surface area (Å²) in [6, 6.07) is 11.0. The second kappa shape index (κ2) is 10.4. The van der Waals surface area contributed by atoms with Crippen LogP contribution in [0.25, 0.3) is 10.9 Å². The summed E-state index contributed by atoms with van der Waals surface area (Å²) in [4.78, 5) is 39.4. The van der Waals surface area contributed by atoms with Gasteiger partial charge in [0.05, 0.1) is 12.1 Å². The van der Waals surface area contributed by atoms with Gasteiger partial charge in [-0.2, -0.15) is 5.10 Å². The molecule has 3 heterocycles. The summed E-state index contributed by atoms with van der Waals surface area (Å²) in [5.41, 5.74) is 2.15. The number of carbonyl (C=O) groups is 3. The largest absolute Gasteiger partial charge is 0.338 e. The molecule has 1 N–H and O–H groups in total. The average molecular weight is 504 g/mol. The number of fused-ring (bicyclic) bond motifs is 1. The third-order valence-corrected chi connectivity index (χ3v) is 5.37. The lowest BCUT2D eigenvalue weighted by molar-refractivity contribution is -0.131. The number of aromatic nitrogens is 3. The lowest BCUT2D eigenvalue weighted by Crippen LogP contribution is -2.32. The second-order valence-corrected chi connectivity index (χ2v) is 8.23. The summed E-state index contributed by atoms with van der Waals surface area (Å²) >= 11 is 3.17. The first kappa shape index (κ1) is 23.5. The number of halogens is 2. The fraction of sp³-hybridized carbons (Fsp3) is 0.318. The Balaban J connectivity index is 0.000000243. The lowest BCUT2D eigenvalue weighted by atomic mass is 10.1. The minimum Gasteiger partial charge on any atom is -0.338 e. The second-order valence-electron chi connectivity index (χ2n) is 7.42. The zero-order chi connectivity index (χ0) is 23.3. The molecule has 1 atom stereocenters. The zero-order valence-corrected chi connectivity index (χ0v) is 19.3. The van der Waals surface area contributed by atoms with Crippen molar-refractivity contribution in [2.24, 2.45) is 0 Å². The highest BCUT2D eigenvalue weighted by atomic mass is 79.9. The summed E-state index contributed by atoms with van der Waals surface area (Å²) in [7, 11) is 0. The van der Waals surface area contributed by atoms with Crippen molar-refractivity contribution in [1.82, 2.24) is 19.7 Å². The van der Waals surface area contributed by atoms with E-state index in [0.717, 1.165) is 16.5 Å². The predicted octanol–water partition coefficient (Wildman–Crippen LogP) is 3.53. The number of carbonyl (C=O) groups excluding carboxylic acids is 3. The summed E-state index contributed by atoms with van der Waals surface area (Å²) in [5.74, 6) is 0.247. The van der Waals surface area contributed by atoms with Crippen LogP contribution in [-0.4, -0.2) is 57.0 Å². The van der Waals surface area contributed by atoms with Gasteiger partial charge in [0.2, 0.25) is 12.3 Å². The highest BCUT2D eigenvalue weighted by Gasteiger charge is 2.26. The van der Waals surface area contributed by atoms with Crippen LogP contribution in [0.4, 0.5) is 10.2 Å². The molecular formula is C22H23BrFN5O3. The summed E-state index contributed by atoms with van der Waals surface area (Å²) in [6.45, 7) is 4.02. The minimum atomic E-state index is -0.936. The van der Waals surface area contributed by atoms with Gasteiger partial charge in [0.1, 0.15) is 28.8 Å². The molecule has 1 fully saturated rings. The topological polar surface area (TPSA) is 97.2 Å². The van der Waals surface area contributed by atoms with Crippen molar-refractivity contribution in [2.45, 2.75) is 33.0 Å². The Morgan fingerprint density at radius 3 is 2.72 bits per heavy atom. The van der Waals surface area contributed by atoms with Crippen molar-refractivity contribution in [1.29, 1.82) is 0 Å². The molecule has 2 amide bonds. The van der Waals surface area contributed by atoms with Crippen molar-refractivity contribution in [2.75, 3.05) is 18.4 Å². The molecular weight excluding hydrogens is 481 g/mol.